The van der Waals surface area contributed by atoms with Crippen LogP contribution in [0.15, 0.2) is 21.7 Å². The number of aliphatic hydroxyl groups excluding tert-OH is 1. The molecule has 100 valence electrons. The lowest BCUT2D eigenvalue weighted by molar-refractivity contribution is 0.181. The highest BCUT2D eigenvalue weighted by atomic mass is 16.3. The van der Waals surface area contributed by atoms with Crippen LogP contribution in [-0.4, -0.2) is 11.0 Å². The summed E-state index contributed by atoms with van der Waals surface area (Å²) in [7, 11) is 0. The minimum Gasteiger partial charge on any atom is -0.511 e. The van der Waals surface area contributed by atoms with Gasteiger partial charge in [-0.2, -0.15) is 0 Å². The van der Waals surface area contributed by atoms with Crippen LogP contribution in [0.1, 0.15) is 27.2 Å². The summed E-state index contributed by atoms with van der Waals surface area (Å²) in [6.45, 7) is 5.90. The van der Waals surface area contributed by atoms with Crippen LogP contribution in [0, 0.1) is 17.3 Å². The van der Waals surface area contributed by atoms with Crippen molar-refractivity contribution in [2.75, 3.05) is 0 Å². The quantitative estimate of drug-likeness (QED) is 0.703. The summed E-state index contributed by atoms with van der Waals surface area (Å²) in [5, 5.41) is 9.59. The Kier molecular flexibility index (Phi) is 3.07. The van der Waals surface area contributed by atoms with Crippen LogP contribution < -0.4 is 21.3 Å². The predicted molar refractivity (Wildman–Crippen MR) is 71.6 cm³/mol. The van der Waals surface area contributed by atoms with Crippen LogP contribution in [0.5, 0.6) is 0 Å². The minimum absolute atomic E-state index is 0.0288. The van der Waals surface area contributed by atoms with E-state index in [4.69, 9.17) is 0 Å². The maximum atomic E-state index is 11.6. The molecule has 4 nitrogen and oxygen atoms in total. The average Bonchev–Trinajstić information content (AvgIpc) is 2.28. The summed E-state index contributed by atoms with van der Waals surface area (Å²) >= 11 is 0. The van der Waals surface area contributed by atoms with E-state index >= 15 is 0 Å². The van der Waals surface area contributed by atoms with Gasteiger partial charge in [0, 0.05) is 5.92 Å². The van der Waals surface area contributed by atoms with Crippen LogP contribution in [0.4, 0.5) is 0 Å². The molecular formula is C15H16O4. The second kappa shape index (κ2) is 4.32. The zero-order valence-corrected chi connectivity index (χ0v) is 11.2. The van der Waals surface area contributed by atoms with Crippen molar-refractivity contribution in [3.8, 4) is 0 Å². The van der Waals surface area contributed by atoms with Crippen molar-refractivity contribution < 1.29 is 9.90 Å². The number of carbonyl (C=O) groups excluding carboxylic acids is 1. The number of hydrogen-bond donors (Lipinski definition) is 1. The van der Waals surface area contributed by atoms with Gasteiger partial charge in [0.25, 0.3) is 0 Å². The van der Waals surface area contributed by atoms with E-state index in [2.05, 4.69) is 0 Å². The molecule has 0 aliphatic heterocycles. The first kappa shape index (κ1) is 13.5. The summed E-state index contributed by atoms with van der Waals surface area (Å²) in [6, 6.07) is 0. The fourth-order valence-corrected chi connectivity index (χ4v) is 3.03. The fraction of sp³-hybridized carbons (Fsp3) is 0.467. The zero-order valence-electron chi connectivity index (χ0n) is 11.2. The predicted octanol–water partition coefficient (Wildman–Crippen LogP) is -0.310. The van der Waals surface area contributed by atoms with Crippen LogP contribution in [0.2, 0.25) is 0 Å². The van der Waals surface area contributed by atoms with Crippen LogP contribution in [-0.2, 0) is 4.79 Å². The van der Waals surface area contributed by atoms with Gasteiger partial charge >= 0.3 is 0 Å². The van der Waals surface area contributed by atoms with Crippen molar-refractivity contribution in [1.29, 1.82) is 0 Å². The molecule has 4 heteroatoms. The molecule has 2 rings (SSSR count). The Labute approximate surface area is 110 Å². The highest BCUT2D eigenvalue weighted by Crippen LogP contribution is 2.43. The summed E-state index contributed by atoms with van der Waals surface area (Å²) in [5.74, 6) is 0.876. The molecular weight excluding hydrogens is 244 g/mol. The molecule has 0 fully saturated rings. The third-order valence-electron chi connectivity index (χ3n) is 4.01. The van der Waals surface area contributed by atoms with Gasteiger partial charge in [-0.25, -0.2) is 4.79 Å². The van der Waals surface area contributed by atoms with Crippen LogP contribution in [0.3, 0.4) is 0 Å². The van der Waals surface area contributed by atoms with Gasteiger partial charge < -0.3 is 5.11 Å². The Bertz CT molecular complexity index is 721. The molecule has 1 aromatic rings. The summed E-state index contributed by atoms with van der Waals surface area (Å²) in [5.41, 5.74) is -1.61. The molecule has 2 unspecified atom stereocenters. The van der Waals surface area contributed by atoms with Crippen molar-refractivity contribution in [3.63, 3.8) is 0 Å². The van der Waals surface area contributed by atoms with Gasteiger partial charge in [-0.1, -0.05) is 32.9 Å². The van der Waals surface area contributed by atoms with E-state index in [9.17, 15) is 19.5 Å². The van der Waals surface area contributed by atoms with Gasteiger partial charge in [0.05, 0.1) is 0 Å². The third-order valence-corrected chi connectivity index (χ3v) is 4.01. The molecule has 1 N–H and O–H groups in total. The normalized spacial score (nSPS) is 25.2. The molecule has 0 spiro atoms. The smallest absolute Gasteiger partial charge is 0.215 e. The van der Waals surface area contributed by atoms with Gasteiger partial charge in [-0.05, 0) is 17.8 Å². The first-order chi connectivity index (χ1) is 8.81. The largest absolute Gasteiger partial charge is 0.511 e. The summed E-state index contributed by atoms with van der Waals surface area (Å²) in [6.07, 6.45) is 4.77. The van der Waals surface area contributed by atoms with Gasteiger partial charge in [0.1, 0.15) is 16.9 Å². The molecule has 0 saturated heterocycles. The van der Waals surface area contributed by atoms with E-state index < -0.39 is 16.1 Å². The van der Waals surface area contributed by atoms with E-state index in [1.807, 2.05) is 32.9 Å². The fourth-order valence-electron chi connectivity index (χ4n) is 3.03. The van der Waals surface area contributed by atoms with E-state index in [1.54, 1.807) is 0 Å². The molecule has 0 radical (unpaired) electrons. The van der Waals surface area contributed by atoms with Crippen LogP contribution >= 0.6 is 0 Å². The van der Waals surface area contributed by atoms with Crippen molar-refractivity contribution in [2.24, 2.45) is 17.3 Å². The molecule has 2 atom stereocenters. The topological polar surface area (TPSA) is 71.4 Å². The van der Waals surface area contributed by atoms with Gasteiger partial charge in [-0.15, -0.1) is 0 Å². The standard InChI is InChI=1S/C15H16O4/c1-8-5-4-6-15(2,3)11(8)14(19)10-12(17)9(7-16)13(10)18/h4-5,8,11,19H,6H2,1-3H3. The van der Waals surface area contributed by atoms with Crippen molar-refractivity contribution in [2.45, 2.75) is 27.2 Å². The van der Waals surface area contributed by atoms with E-state index in [1.165, 1.54) is 5.94 Å². The lowest BCUT2D eigenvalue weighted by Gasteiger charge is -2.39. The SMILES string of the molecule is CC1C=CCC(C)(C)C1C(O)=c1c(=O)c(=C=O)c1=O. The first-order valence-corrected chi connectivity index (χ1v) is 6.25. The molecule has 1 aromatic carbocycles. The number of hydrogen-bond acceptors (Lipinski definition) is 4. The number of allylic oxidation sites excluding steroid dienone is 2. The monoisotopic (exact) mass is 260 g/mol. The maximum Gasteiger partial charge on any atom is 0.215 e. The first-order valence-electron chi connectivity index (χ1n) is 6.25. The summed E-state index contributed by atoms with van der Waals surface area (Å²) in [4.78, 5) is 33.7. The molecule has 0 amide bonds. The molecule has 1 aliphatic carbocycles. The highest BCUT2D eigenvalue weighted by molar-refractivity contribution is 5.51. The molecule has 19 heavy (non-hydrogen) atoms. The highest BCUT2D eigenvalue weighted by Gasteiger charge is 2.38. The second-order valence-electron chi connectivity index (χ2n) is 5.85. The number of rotatable bonds is 1. The van der Waals surface area contributed by atoms with Crippen molar-refractivity contribution in [3.05, 3.63) is 43.0 Å². The van der Waals surface area contributed by atoms with Crippen LogP contribution in [0.25, 0.3) is 5.76 Å². The Hall–Kier alpha value is -1.93. The summed E-state index contributed by atoms with van der Waals surface area (Å²) < 4.78 is 0. The van der Waals surface area contributed by atoms with Crippen molar-refractivity contribution in [1.82, 2.24) is 0 Å². The molecule has 1 aliphatic rings. The Morgan fingerprint density at radius 1 is 1.37 bits per heavy atom. The van der Waals surface area contributed by atoms with E-state index in [0.717, 1.165) is 6.42 Å². The molecule has 0 bridgehead atoms. The third kappa shape index (κ3) is 1.89. The van der Waals surface area contributed by atoms with Gasteiger partial charge in [0.15, 0.2) is 5.22 Å². The maximum absolute atomic E-state index is 11.6. The molecule has 0 aromatic heterocycles. The van der Waals surface area contributed by atoms with E-state index in [-0.39, 0.29) is 28.2 Å². The Balaban J connectivity index is 2.71. The Morgan fingerprint density at radius 2 is 1.95 bits per heavy atom. The lowest BCUT2D eigenvalue weighted by atomic mass is 9.66. The molecule has 0 saturated carbocycles. The lowest BCUT2D eigenvalue weighted by Crippen LogP contribution is -2.66. The average molecular weight is 260 g/mol. The molecule has 0 heterocycles. The second-order valence-corrected chi connectivity index (χ2v) is 5.85. The van der Waals surface area contributed by atoms with Gasteiger partial charge in [0.2, 0.25) is 10.9 Å². The van der Waals surface area contributed by atoms with E-state index in [0.29, 0.717) is 0 Å². The van der Waals surface area contributed by atoms with Crippen molar-refractivity contribution >= 4 is 11.7 Å². The zero-order chi connectivity index (χ0) is 14.4. The minimum atomic E-state index is -0.685. The number of aliphatic hydroxyl groups is 1. The van der Waals surface area contributed by atoms with Gasteiger partial charge in [-0.3, -0.25) is 9.59 Å². The Morgan fingerprint density at radius 3 is 2.42 bits per heavy atom.